The molecular weight excluding hydrogens is 310 g/mol. The van der Waals surface area contributed by atoms with Crippen molar-refractivity contribution in [2.45, 2.75) is 13.5 Å². The van der Waals surface area contributed by atoms with Crippen molar-refractivity contribution in [3.8, 4) is 11.5 Å². The van der Waals surface area contributed by atoms with Crippen molar-refractivity contribution in [2.24, 2.45) is 11.7 Å². The molecule has 132 valence electrons. The van der Waals surface area contributed by atoms with Crippen molar-refractivity contribution in [3.05, 3.63) is 23.8 Å². The SMILES string of the molecule is COc1ccc(CN2CCN(C(C)=O)C[C@H](C(N)=O)C2)c(OC)c1. The van der Waals surface area contributed by atoms with E-state index in [1.807, 2.05) is 18.2 Å². The highest BCUT2D eigenvalue weighted by molar-refractivity contribution is 5.79. The lowest BCUT2D eigenvalue weighted by Gasteiger charge is -2.23. The number of carbonyl (C=O) groups is 2. The molecule has 1 atom stereocenters. The van der Waals surface area contributed by atoms with Gasteiger partial charge in [-0.25, -0.2) is 0 Å². The van der Waals surface area contributed by atoms with Crippen LogP contribution in [0.25, 0.3) is 0 Å². The van der Waals surface area contributed by atoms with E-state index in [1.165, 1.54) is 6.92 Å². The van der Waals surface area contributed by atoms with Crippen molar-refractivity contribution in [3.63, 3.8) is 0 Å². The molecule has 7 heteroatoms. The molecule has 0 aromatic heterocycles. The molecule has 0 aliphatic carbocycles. The fourth-order valence-electron chi connectivity index (χ4n) is 2.91. The molecule has 0 spiro atoms. The quantitative estimate of drug-likeness (QED) is 0.845. The monoisotopic (exact) mass is 335 g/mol. The molecule has 0 bridgehead atoms. The van der Waals surface area contributed by atoms with Crippen molar-refractivity contribution in [2.75, 3.05) is 40.4 Å². The zero-order valence-electron chi connectivity index (χ0n) is 14.4. The molecule has 1 saturated heterocycles. The van der Waals surface area contributed by atoms with Crippen LogP contribution in [0.2, 0.25) is 0 Å². The first kappa shape index (κ1) is 18.1. The summed E-state index contributed by atoms with van der Waals surface area (Å²) in [4.78, 5) is 27.2. The molecule has 2 amide bonds. The Labute approximate surface area is 142 Å². The highest BCUT2D eigenvalue weighted by Gasteiger charge is 2.28. The average molecular weight is 335 g/mol. The lowest BCUT2D eigenvalue weighted by molar-refractivity contribution is -0.130. The number of methoxy groups -OCH3 is 2. The van der Waals surface area contributed by atoms with E-state index in [0.29, 0.717) is 32.7 Å². The van der Waals surface area contributed by atoms with Gasteiger partial charge in [-0.3, -0.25) is 14.5 Å². The molecule has 0 saturated carbocycles. The Morgan fingerprint density at radius 1 is 1.21 bits per heavy atom. The number of ether oxygens (including phenoxy) is 2. The van der Waals surface area contributed by atoms with E-state index in [-0.39, 0.29) is 17.7 Å². The Kier molecular flexibility index (Phi) is 6.03. The zero-order chi connectivity index (χ0) is 17.7. The second kappa shape index (κ2) is 8.01. The molecule has 1 aliphatic rings. The van der Waals surface area contributed by atoms with Gasteiger partial charge in [-0.05, 0) is 6.07 Å². The van der Waals surface area contributed by atoms with Gasteiger partial charge in [0.15, 0.2) is 0 Å². The number of hydrogen-bond acceptors (Lipinski definition) is 5. The molecule has 1 heterocycles. The van der Waals surface area contributed by atoms with E-state index in [1.54, 1.807) is 19.1 Å². The summed E-state index contributed by atoms with van der Waals surface area (Å²) in [7, 11) is 3.22. The summed E-state index contributed by atoms with van der Waals surface area (Å²) in [6.45, 7) is 4.29. The first-order valence-corrected chi connectivity index (χ1v) is 7.92. The molecule has 1 aromatic rings. The predicted octanol–water partition coefficient (Wildman–Crippen LogP) is 0.469. The standard InChI is InChI=1S/C17H25N3O4/c1-12(21)20-7-6-19(10-14(11-20)17(18)22)9-13-4-5-15(23-2)8-16(13)24-3/h4-5,8,14H,6-7,9-11H2,1-3H3,(H2,18,22)/t14-/m1/s1. The summed E-state index contributed by atoms with van der Waals surface area (Å²) >= 11 is 0. The third-order valence-corrected chi connectivity index (χ3v) is 4.34. The maximum Gasteiger partial charge on any atom is 0.223 e. The number of nitrogens with zero attached hydrogens (tertiary/aromatic N) is 2. The van der Waals surface area contributed by atoms with Gasteiger partial charge < -0.3 is 20.1 Å². The van der Waals surface area contributed by atoms with Crippen LogP contribution in [0.3, 0.4) is 0 Å². The molecule has 0 radical (unpaired) electrons. The lowest BCUT2D eigenvalue weighted by Crippen LogP contribution is -2.39. The Hall–Kier alpha value is -2.28. The third-order valence-electron chi connectivity index (χ3n) is 4.34. The molecule has 7 nitrogen and oxygen atoms in total. The van der Waals surface area contributed by atoms with Crippen LogP contribution in [-0.2, 0) is 16.1 Å². The largest absolute Gasteiger partial charge is 0.497 e. The maximum atomic E-state index is 11.7. The van der Waals surface area contributed by atoms with Crippen LogP contribution in [0.5, 0.6) is 11.5 Å². The second-order valence-corrected chi connectivity index (χ2v) is 5.98. The maximum absolute atomic E-state index is 11.7. The van der Waals surface area contributed by atoms with E-state index in [9.17, 15) is 9.59 Å². The van der Waals surface area contributed by atoms with Gasteiger partial charge in [0, 0.05) is 51.3 Å². The van der Waals surface area contributed by atoms with Crippen molar-refractivity contribution in [1.29, 1.82) is 0 Å². The van der Waals surface area contributed by atoms with E-state index >= 15 is 0 Å². The molecule has 1 aliphatic heterocycles. The third kappa shape index (κ3) is 4.38. The van der Waals surface area contributed by atoms with E-state index in [4.69, 9.17) is 15.2 Å². The average Bonchev–Trinajstić information content (AvgIpc) is 2.78. The minimum absolute atomic E-state index is 0.0369. The Balaban J connectivity index is 2.16. The smallest absolute Gasteiger partial charge is 0.223 e. The second-order valence-electron chi connectivity index (χ2n) is 5.98. The minimum atomic E-state index is -0.380. The van der Waals surface area contributed by atoms with Gasteiger partial charge in [-0.2, -0.15) is 0 Å². The zero-order valence-corrected chi connectivity index (χ0v) is 14.4. The van der Waals surface area contributed by atoms with Crippen LogP contribution in [0, 0.1) is 5.92 Å². The highest BCUT2D eigenvalue weighted by Crippen LogP contribution is 2.26. The summed E-state index contributed by atoms with van der Waals surface area (Å²) in [6, 6.07) is 5.66. The molecule has 1 aromatic carbocycles. The van der Waals surface area contributed by atoms with Crippen LogP contribution in [-0.4, -0.2) is 62.0 Å². The summed E-state index contributed by atoms with van der Waals surface area (Å²) in [5.41, 5.74) is 6.50. The van der Waals surface area contributed by atoms with E-state index in [2.05, 4.69) is 4.90 Å². The number of hydrogen-bond donors (Lipinski definition) is 1. The predicted molar refractivity (Wildman–Crippen MR) is 89.8 cm³/mol. The van der Waals surface area contributed by atoms with Crippen LogP contribution in [0.1, 0.15) is 12.5 Å². The summed E-state index contributed by atoms with van der Waals surface area (Å²) in [6.07, 6.45) is 0. The molecule has 24 heavy (non-hydrogen) atoms. The van der Waals surface area contributed by atoms with E-state index < -0.39 is 0 Å². The van der Waals surface area contributed by atoms with Gasteiger partial charge in [-0.15, -0.1) is 0 Å². The van der Waals surface area contributed by atoms with Gasteiger partial charge in [0.25, 0.3) is 0 Å². The Bertz CT molecular complexity index is 605. The number of nitrogens with two attached hydrogens (primary N) is 1. The van der Waals surface area contributed by atoms with Gasteiger partial charge in [0.2, 0.25) is 11.8 Å². The first-order chi connectivity index (χ1) is 11.4. The fraction of sp³-hybridized carbons (Fsp3) is 0.529. The number of carbonyl (C=O) groups excluding carboxylic acids is 2. The summed E-state index contributed by atoms with van der Waals surface area (Å²) in [5.74, 6) is 0.669. The summed E-state index contributed by atoms with van der Waals surface area (Å²) in [5, 5.41) is 0. The van der Waals surface area contributed by atoms with Gasteiger partial charge in [-0.1, -0.05) is 6.07 Å². The van der Waals surface area contributed by atoms with E-state index in [0.717, 1.165) is 17.1 Å². The fourth-order valence-corrected chi connectivity index (χ4v) is 2.91. The minimum Gasteiger partial charge on any atom is -0.497 e. The van der Waals surface area contributed by atoms with Crippen molar-refractivity contribution in [1.82, 2.24) is 9.80 Å². The first-order valence-electron chi connectivity index (χ1n) is 7.92. The molecule has 1 fully saturated rings. The highest BCUT2D eigenvalue weighted by atomic mass is 16.5. The van der Waals surface area contributed by atoms with Crippen LogP contribution in [0.4, 0.5) is 0 Å². The van der Waals surface area contributed by atoms with Crippen LogP contribution < -0.4 is 15.2 Å². The van der Waals surface area contributed by atoms with Crippen LogP contribution in [0.15, 0.2) is 18.2 Å². The molecule has 0 unspecified atom stereocenters. The number of rotatable bonds is 5. The molecule has 2 rings (SSSR count). The van der Waals surface area contributed by atoms with Crippen molar-refractivity contribution < 1.29 is 19.1 Å². The van der Waals surface area contributed by atoms with Gasteiger partial charge in [0.05, 0.1) is 20.1 Å². The Morgan fingerprint density at radius 2 is 1.96 bits per heavy atom. The molecule has 2 N–H and O–H groups in total. The van der Waals surface area contributed by atoms with Gasteiger partial charge in [0.1, 0.15) is 11.5 Å². The van der Waals surface area contributed by atoms with Crippen molar-refractivity contribution >= 4 is 11.8 Å². The number of amides is 2. The summed E-state index contributed by atoms with van der Waals surface area (Å²) < 4.78 is 10.6. The van der Waals surface area contributed by atoms with Crippen LogP contribution >= 0.6 is 0 Å². The van der Waals surface area contributed by atoms with Gasteiger partial charge >= 0.3 is 0 Å². The lowest BCUT2D eigenvalue weighted by atomic mass is 10.1. The Morgan fingerprint density at radius 3 is 2.54 bits per heavy atom. The topological polar surface area (TPSA) is 85.1 Å². The normalized spacial score (nSPS) is 18.8. The number of primary amides is 1. The molecular formula is C17H25N3O4. The number of benzene rings is 1.